The molecule has 0 unspecified atom stereocenters. The number of hydrogen-bond acceptors (Lipinski definition) is 4. The Morgan fingerprint density at radius 2 is 1.89 bits per heavy atom. The Bertz CT molecular complexity index is 773. The van der Waals surface area contributed by atoms with Gasteiger partial charge in [-0.3, -0.25) is 0 Å². The highest BCUT2D eigenvalue weighted by atomic mass is 15.3. The van der Waals surface area contributed by atoms with Gasteiger partial charge < -0.3 is 15.5 Å². The van der Waals surface area contributed by atoms with E-state index in [2.05, 4.69) is 60.4 Å². The van der Waals surface area contributed by atoms with Crippen molar-refractivity contribution in [1.82, 2.24) is 14.8 Å². The Balaban J connectivity index is 1.65. The molecule has 1 aromatic heterocycles. The fourth-order valence-corrected chi connectivity index (χ4v) is 3.89. The number of piperazine rings is 1. The predicted molar refractivity (Wildman–Crippen MR) is 119 cm³/mol. The van der Waals surface area contributed by atoms with E-state index < -0.39 is 0 Å². The Kier molecular flexibility index (Phi) is 6.61. The van der Waals surface area contributed by atoms with Crippen molar-refractivity contribution in [1.29, 1.82) is 0 Å². The normalized spacial score (nSPS) is 19.2. The van der Waals surface area contributed by atoms with Gasteiger partial charge in [0.2, 0.25) is 0 Å². The summed E-state index contributed by atoms with van der Waals surface area (Å²) in [6, 6.07) is 3.84. The van der Waals surface area contributed by atoms with Crippen molar-refractivity contribution < 1.29 is 0 Å². The topological polar surface area (TPSA) is 45.4 Å². The average molecular weight is 379 g/mol. The van der Waals surface area contributed by atoms with E-state index in [4.69, 9.17) is 5.73 Å². The molecule has 1 aromatic rings. The van der Waals surface area contributed by atoms with Gasteiger partial charge in [-0.25, -0.2) is 4.98 Å². The van der Waals surface area contributed by atoms with Gasteiger partial charge in [0.05, 0.1) is 0 Å². The summed E-state index contributed by atoms with van der Waals surface area (Å²) in [5.74, 6) is 1.33. The number of hydrogen-bond donors (Lipinski definition) is 1. The first-order valence-electron chi connectivity index (χ1n) is 10.5. The molecule has 0 atom stereocenters. The van der Waals surface area contributed by atoms with Crippen LogP contribution in [0.1, 0.15) is 45.6 Å². The Morgan fingerprint density at radius 3 is 2.43 bits per heavy atom. The van der Waals surface area contributed by atoms with Crippen LogP contribution in [-0.4, -0.2) is 41.0 Å². The van der Waals surface area contributed by atoms with E-state index in [1.165, 1.54) is 29.7 Å². The molecule has 4 heteroatoms. The fraction of sp³-hybridized carbons (Fsp3) is 0.458. The van der Waals surface area contributed by atoms with Gasteiger partial charge in [0, 0.05) is 49.3 Å². The zero-order chi connectivity index (χ0) is 20.1. The molecular formula is C24H34N4. The van der Waals surface area contributed by atoms with E-state index in [1.807, 2.05) is 18.3 Å². The van der Waals surface area contributed by atoms with E-state index in [9.17, 15) is 0 Å². The van der Waals surface area contributed by atoms with Gasteiger partial charge in [-0.1, -0.05) is 31.7 Å². The molecule has 28 heavy (non-hydrogen) atoms. The van der Waals surface area contributed by atoms with Crippen LogP contribution >= 0.6 is 0 Å². The first-order valence-corrected chi connectivity index (χ1v) is 10.5. The lowest BCUT2D eigenvalue weighted by Crippen LogP contribution is -2.44. The number of nitrogens with two attached hydrogens (primary N) is 1. The summed E-state index contributed by atoms with van der Waals surface area (Å²) < 4.78 is 0. The summed E-state index contributed by atoms with van der Waals surface area (Å²) in [4.78, 5) is 9.08. The predicted octanol–water partition coefficient (Wildman–Crippen LogP) is 4.85. The summed E-state index contributed by atoms with van der Waals surface area (Å²) in [5.41, 5.74) is 12.1. The lowest BCUT2D eigenvalue weighted by Gasteiger charge is -2.39. The molecule has 0 spiro atoms. The van der Waals surface area contributed by atoms with Crippen molar-refractivity contribution in [2.24, 2.45) is 5.92 Å². The maximum Gasteiger partial charge on any atom is 0.123 e. The molecule has 1 saturated heterocycles. The molecule has 1 saturated carbocycles. The zero-order valence-electron chi connectivity index (χ0n) is 17.6. The van der Waals surface area contributed by atoms with Crippen LogP contribution in [0, 0.1) is 5.92 Å². The van der Waals surface area contributed by atoms with Crippen molar-refractivity contribution in [3.05, 3.63) is 65.5 Å². The molecule has 0 amide bonds. The van der Waals surface area contributed by atoms with Crippen LogP contribution in [0.5, 0.6) is 0 Å². The monoisotopic (exact) mass is 378 g/mol. The number of nitrogens with zero attached hydrogens (tertiary/aromatic N) is 3. The third kappa shape index (κ3) is 4.86. The molecule has 3 rings (SSSR count). The van der Waals surface area contributed by atoms with Gasteiger partial charge in [0.15, 0.2) is 0 Å². The number of pyridine rings is 1. The van der Waals surface area contributed by atoms with Crippen LogP contribution in [0.2, 0.25) is 0 Å². The zero-order valence-corrected chi connectivity index (χ0v) is 17.6. The Morgan fingerprint density at radius 1 is 1.21 bits per heavy atom. The van der Waals surface area contributed by atoms with Crippen LogP contribution in [0.15, 0.2) is 60.0 Å². The number of anilines is 1. The van der Waals surface area contributed by atoms with Gasteiger partial charge in [-0.2, -0.15) is 0 Å². The molecule has 4 nitrogen and oxygen atoms in total. The van der Waals surface area contributed by atoms with Gasteiger partial charge in [0.1, 0.15) is 5.82 Å². The maximum absolute atomic E-state index is 5.70. The van der Waals surface area contributed by atoms with Crippen molar-refractivity contribution in [2.75, 3.05) is 31.9 Å². The largest absolute Gasteiger partial charge is 0.384 e. The van der Waals surface area contributed by atoms with Gasteiger partial charge in [-0.15, -0.1) is 0 Å². The third-order valence-electron chi connectivity index (χ3n) is 5.69. The molecule has 0 bridgehead atoms. The fourth-order valence-electron chi connectivity index (χ4n) is 3.89. The van der Waals surface area contributed by atoms with E-state index in [1.54, 1.807) is 0 Å². The molecule has 0 aromatic carbocycles. The van der Waals surface area contributed by atoms with Crippen molar-refractivity contribution in [3.63, 3.8) is 0 Å². The van der Waals surface area contributed by atoms with E-state index in [0.29, 0.717) is 5.82 Å². The minimum absolute atomic E-state index is 0.546. The average Bonchev–Trinajstić information content (AvgIpc) is 3.55. The molecule has 0 radical (unpaired) electrons. The standard InChI is InChI=1S/C24H34N4/c1-5-7-23(18(3)16-20(6-2)21-8-9-21)28-14-12-27(13-15-28)19(4)22-10-11-24(25)26-17-22/h6-7,10-11,16-17,21H,4-5,8-9,12-15H2,1-3H3,(H2,25,26)/b18-16-,20-6+,23-7-. The van der Waals surface area contributed by atoms with E-state index in [-0.39, 0.29) is 0 Å². The SMILES string of the molecule is C=C(c1ccc(N)nc1)N1CCN(C(=C\CC)/C(C)=C\C(=C/C)C2CC2)CC1. The second-order valence-corrected chi connectivity index (χ2v) is 7.78. The molecular weight excluding hydrogens is 344 g/mol. The minimum atomic E-state index is 0.546. The molecule has 150 valence electrons. The molecule has 2 heterocycles. The number of aromatic nitrogens is 1. The van der Waals surface area contributed by atoms with Crippen LogP contribution in [0.25, 0.3) is 5.70 Å². The number of rotatable bonds is 7. The number of nitrogen functional groups attached to an aromatic ring is 1. The second kappa shape index (κ2) is 9.13. The first kappa shape index (κ1) is 20.2. The van der Waals surface area contributed by atoms with Crippen LogP contribution < -0.4 is 5.73 Å². The molecule has 2 N–H and O–H groups in total. The summed E-state index contributed by atoms with van der Waals surface area (Å²) in [5, 5.41) is 0. The Labute approximate surface area is 170 Å². The third-order valence-corrected chi connectivity index (χ3v) is 5.69. The smallest absolute Gasteiger partial charge is 0.123 e. The summed E-state index contributed by atoms with van der Waals surface area (Å²) >= 11 is 0. The highest BCUT2D eigenvalue weighted by Crippen LogP contribution is 2.38. The van der Waals surface area contributed by atoms with Crippen LogP contribution in [0.4, 0.5) is 5.82 Å². The highest BCUT2D eigenvalue weighted by Gasteiger charge is 2.25. The van der Waals surface area contributed by atoms with E-state index >= 15 is 0 Å². The Hall–Kier alpha value is -2.49. The van der Waals surface area contributed by atoms with Gasteiger partial charge in [0.25, 0.3) is 0 Å². The summed E-state index contributed by atoms with van der Waals surface area (Å²) in [6.07, 6.45) is 12.6. The van der Waals surface area contributed by atoms with Crippen LogP contribution in [0.3, 0.4) is 0 Å². The molecule has 2 fully saturated rings. The minimum Gasteiger partial charge on any atom is -0.384 e. The lowest BCUT2D eigenvalue weighted by molar-refractivity contribution is 0.216. The quantitative estimate of drug-likeness (QED) is 0.689. The summed E-state index contributed by atoms with van der Waals surface area (Å²) in [6.45, 7) is 14.9. The molecule has 2 aliphatic rings. The van der Waals surface area contributed by atoms with Gasteiger partial charge in [-0.05, 0) is 62.3 Å². The van der Waals surface area contributed by atoms with Crippen molar-refractivity contribution in [2.45, 2.75) is 40.0 Å². The van der Waals surface area contributed by atoms with Crippen molar-refractivity contribution >= 4 is 11.5 Å². The number of allylic oxidation sites excluding steroid dienone is 5. The van der Waals surface area contributed by atoms with Crippen molar-refractivity contribution in [3.8, 4) is 0 Å². The molecule has 1 aliphatic heterocycles. The first-order chi connectivity index (χ1) is 13.5. The summed E-state index contributed by atoms with van der Waals surface area (Å²) in [7, 11) is 0. The maximum atomic E-state index is 5.70. The second-order valence-electron chi connectivity index (χ2n) is 7.78. The van der Waals surface area contributed by atoms with E-state index in [0.717, 1.165) is 49.8 Å². The highest BCUT2D eigenvalue weighted by molar-refractivity contribution is 5.62. The lowest BCUT2D eigenvalue weighted by atomic mass is 10.0. The molecule has 1 aliphatic carbocycles. The van der Waals surface area contributed by atoms with Crippen LogP contribution in [-0.2, 0) is 0 Å². The van der Waals surface area contributed by atoms with Gasteiger partial charge >= 0.3 is 0 Å².